The Bertz CT molecular complexity index is 692. The molecule has 1 aliphatic carbocycles. The van der Waals surface area contributed by atoms with E-state index in [2.05, 4.69) is 0 Å². The van der Waals surface area contributed by atoms with Crippen LogP contribution < -0.4 is 4.90 Å². The van der Waals surface area contributed by atoms with Gasteiger partial charge in [-0.2, -0.15) is 13.2 Å². The highest BCUT2D eigenvalue weighted by Gasteiger charge is 2.44. The number of amides is 1. The highest BCUT2D eigenvalue weighted by atomic mass is 32.1. The molecule has 0 aromatic carbocycles. The second-order valence-electron chi connectivity index (χ2n) is 7.27. The molecule has 1 aromatic rings. The predicted molar refractivity (Wildman–Crippen MR) is 98.5 cm³/mol. The van der Waals surface area contributed by atoms with E-state index in [9.17, 15) is 22.8 Å². The van der Waals surface area contributed by atoms with E-state index in [1.165, 1.54) is 18.4 Å². The van der Waals surface area contributed by atoms with E-state index in [1.807, 2.05) is 0 Å². The third kappa shape index (κ3) is 4.51. The molecular weight excluding hydrogens is 395 g/mol. The molecule has 0 spiro atoms. The van der Waals surface area contributed by atoms with Crippen molar-refractivity contribution >= 4 is 28.9 Å². The summed E-state index contributed by atoms with van der Waals surface area (Å²) in [5.74, 6) is -2.52. The molecule has 2 fully saturated rings. The molecule has 0 N–H and O–H groups in total. The van der Waals surface area contributed by atoms with E-state index in [-0.39, 0.29) is 37.6 Å². The Labute approximate surface area is 165 Å². The minimum Gasteiger partial charge on any atom is -0.465 e. The number of hydrogen-bond acceptors (Lipinski definition) is 5. The number of hydrogen-bond donors (Lipinski definition) is 0. The number of methoxy groups -OCH3 is 1. The lowest BCUT2D eigenvalue weighted by Crippen LogP contribution is -2.47. The first-order valence-corrected chi connectivity index (χ1v) is 10.3. The maximum atomic E-state index is 13.4. The summed E-state index contributed by atoms with van der Waals surface area (Å²) in [5, 5.41) is 1.72. The SMILES string of the molecule is COC(=O)c1sccc1N(C(=O)[C@H]1CC[C@H](C(F)(F)F)CC1)C1CCOCC1. The summed E-state index contributed by atoms with van der Waals surface area (Å²) in [4.78, 5) is 27.5. The van der Waals surface area contributed by atoms with Crippen molar-refractivity contribution in [1.29, 1.82) is 0 Å². The standard InChI is InChI=1S/C19H24F3NO4S/c1-26-18(25)16-15(8-11-28-16)23(14-6-9-27-10-7-14)17(24)12-2-4-13(5-3-12)19(20,21)22/h8,11-14H,2-7,9-10H2,1H3/t12-,13-. The summed E-state index contributed by atoms with van der Waals surface area (Å²) < 4.78 is 49.1. The Morgan fingerprint density at radius 2 is 1.79 bits per heavy atom. The number of carbonyl (C=O) groups excluding carboxylic acids is 2. The molecule has 0 bridgehead atoms. The summed E-state index contributed by atoms with van der Waals surface area (Å²) in [6, 6.07) is 1.57. The van der Waals surface area contributed by atoms with Crippen molar-refractivity contribution < 1.29 is 32.2 Å². The zero-order valence-electron chi connectivity index (χ0n) is 15.7. The Morgan fingerprint density at radius 1 is 1.14 bits per heavy atom. The van der Waals surface area contributed by atoms with Crippen molar-refractivity contribution in [1.82, 2.24) is 0 Å². The van der Waals surface area contributed by atoms with Gasteiger partial charge in [0.25, 0.3) is 0 Å². The van der Waals surface area contributed by atoms with Crippen molar-refractivity contribution in [3.05, 3.63) is 16.3 Å². The van der Waals surface area contributed by atoms with Crippen LogP contribution in [-0.4, -0.2) is 44.4 Å². The number of anilines is 1. The molecule has 156 valence electrons. The number of alkyl halides is 3. The van der Waals surface area contributed by atoms with Gasteiger partial charge in [0.2, 0.25) is 5.91 Å². The minimum atomic E-state index is -4.21. The minimum absolute atomic E-state index is 0.0327. The molecule has 2 aliphatic rings. The lowest BCUT2D eigenvalue weighted by atomic mass is 9.80. The van der Waals surface area contributed by atoms with Gasteiger partial charge in [0.1, 0.15) is 4.88 Å². The van der Waals surface area contributed by atoms with Crippen LogP contribution in [0.15, 0.2) is 11.4 Å². The summed E-state index contributed by atoms with van der Waals surface area (Å²) in [6.07, 6.45) is -2.61. The predicted octanol–water partition coefficient (Wildman–Crippen LogP) is 4.42. The Hall–Kier alpha value is -1.61. The van der Waals surface area contributed by atoms with Gasteiger partial charge in [-0.1, -0.05) is 0 Å². The third-order valence-corrected chi connectivity index (χ3v) is 6.49. The van der Waals surface area contributed by atoms with Crippen molar-refractivity contribution in [2.45, 2.75) is 50.7 Å². The molecule has 5 nitrogen and oxygen atoms in total. The first-order chi connectivity index (χ1) is 13.3. The molecule has 28 heavy (non-hydrogen) atoms. The molecule has 0 unspecified atom stereocenters. The van der Waals surface area contributed by atoms with Gasteiger partial charge in [0.05, 0.1) is 18.7 Å². The van der Waals surface area contributed by atoms with E-state index in [0.29, 0.717) is 36.6 Å². The van der Waals surface area contributed by atoms with Crippen molar-refractivity contribution in [2.24, 2.45) is 11.8 Å². The normalized spacial score (nSPS) is 24.0. The van der Waals surface area contributed by atoms with E-state index in [0.717, 1.165) is 0 Å². The molecular formula is C19H24F3NO4S. The zero-order chi connectivity index (χ0) is 20.3. The number of thiophene rings is 1. The van der Waals surface area contributed by atoms with E-state index in [4.69, 9.17) is 9.47 Å². The first-order valence-electron chi connectivity index (χ1n) is 9.46. The molecule has 3 rings (SSSR count). The largest absolute Gasteiger partial charge is 0.465 e. The van der Waals surface area contributed by atoms with Crippen LogP contribution in [0.4, 0.5) is 18.9 Å². The number of esters is 1. The fourth-order valence-electron chi connectivity index (χ4n) is 4.04. The van der Waals surface area contributed by atoms with Gasteiger partial charge in [-0.3, -0.25) is 4.79 Å². The molecule has 0 atom stereocenters. The Morgan fingerprint density at radius 3 is 2.36 bits per heavy atom. The second kappa shape index (κ2) is 8.82. The van der Waals surface area contributed by atoms with Gasteiger partial charge in [0, 0.05) is 25.2 Å². The average molecular weight is 419 g/mol. The highest BCUT2D eigenvalue weighted by Crippen LogP contribution is 2.41. The average Bonchev–Trinajstić information content (AvgIpc) is 3.17. The van der Waals surface area contributed by atoms with Crippen LogP contribution in [0.2, 0.25) is 0 Å². The van der Waals surface area contributed by atoms with Gasteiger partial charge < -0.3 is 14.4 Å². The molecule has 1 saturated carbocycles. The molecule has 1 amide bonds. The van der Waals surface area contributed by atoms with Gasteiger partial charge in [-0.25, -0.2) is 4.79 Å². The van der Waals surface area contributed by atoms with Crippen LogP contribution in [0.25, 0.3) is 0 Å². The van der Waals surface area contributed by atoms with Gasteiger partial charge >= 0.3 is 12.1 Å². The Balaban J connectivity index is 1.83. The number of ether oxygens (including phenoxy) is 2. The summed E-state index contributed by atoms with van der Waals surface area (Å²) in [6.45, 7) is 1.01. The van der Waals surface area contributed by atoms with Crippen LogP contribution >= 0.6 is 11.3 Å². The number of halogens is 3. The second-order valence-corrected chi connectivity index (χ2v) is 8.18. The topological polar surface area (TPSA) is 55.8 Å². The van der Waals surface area contributed by atoms with Gasteiger partial charge in [-0.05, 0) is 50.0 Å². The third-order valence-electron chi connectivity index (χ3n) is 5.61. The van der Waals surface area contributed by atoms with Crippen LogP contribution in [0.3, 0.4) is 0 Å². The van der Waals surface area contributed by atoms with Crippen molar-refractivity contribution in [2.75, 3.05) is 25.2 Å². The van der Waals surface area contributed by atoms with Gasteiger partial charge in [-0.15, -0.1) is 11.3 Å². The molecule has 1 saturated heterocycles. The lowest BCUT2D eigenvalue weighted by Gasteiger charge is -2.38. The van der Waals surface area contributed by atoms with Crippen molar-refractivity contribution in [3.63, 3.8) is 0 Å². The monoisotopic (exact) mass is 419 g/mol. The quantitative estimate of drug-likeness (QED) is 0.678. The van der Waals surface area contributed by atoms with E-state index >= 15 is 0 Å². The summed E-state index contributed by atoms with van der Waals surface area (Å²) in [5.41, 5.74) is 0.492. The summed E-state index contributed by atoms with van der Waals surface area (Å²) in [7, 11) is 1.28. The molecule has 0 radical (unpaired) electrons. The van der Waals surface area contributed by atoms with E-state index in [1.54, 1.807) is 16.3 Å². The van der Waals surface area contributed by atoms with E-state index < -0.39 is 24.0 Å². The molecule has 9 heteroatoms. The Kier molecular flexibility index (Phi) is 6.65. The lowest BCUT2D eigenvalue weighted by molar-refractivity contribution is -0.184. The maximum absolute atomic E-state index is 13.4. The fraction of sp³-hybridized carbons (Fsp3) is 0.684. The van der Waals surface area contributed by atoms with Crippen LogP contribution in [0, 0.1) is 11.8 Å². The van der Waals surface area contributed by atoms with Crippen LogP contribution in [0.1, 0.15) is 48.2 Å². The maximum Gasteiger partial charge on any atom is 0.391 e. The number of nitrogens with zero attached hydrogens (tertiary/aromatic N) is 1. The first kappa shape index (κ1) is 21.1. The number of rotatable bonds is 4. The van der Waals surface area contributed by atoms with Crippen molar-refractivity contribution in [3.8, 4) is 0 Å². The van der Waals surface area contributed by atoms with Crippen LogP contribution in [0.5, 0.6) is 0 Å². The highest BCUT2D eigenvalue weighted by molar-refractivity contribution is 7.12. The zero-order valence-corrected chi connectivity index (χ0v) is 16.5. The molecule has 1 aliphatic heterocycles. The molecule has 1 aromatic heterocycles. The molecule has 2 heterocycles. The van der Waals surface area contributed by atoms with Gasteiger partial charge in [0.15, 0.2) is 0 Å². The fourth-order valence-corrected chi connectivity index (χ4v) is 4.84. The smallest absolute Gasteiger partial charge is 0.391 e. The summed E-state index contributed by atoms with van der Waals surface area (Å²) >= 11 is 1.19. The van der Waals surface area contributed by atoms with Crippen LogP contribution in [-0.2, 0) is 14.3 Å². The number of carbonyl (C=O) groups is 2.